The summed E-state index contributed by atoms with van der Waals surface area (Å²) in [6, 6.07) is -0.262. The lowest BCUT2D eigenvalue weighted by Gasteiger charge is -2.26. The molecule has 2 aliphatic rings. The summed E-state index contributed by atoms with van der Waals surface area (Å²) < 4.78 is 0. The van der Waals surface area contributed by atoms with Gasteiger partial charge >= 0.3 is 6.03 Å². The van der Waals surface area contributed by atoms with Crippen molar-refractivity contribution < 1.29 is 9.59 Å². The first kappa shape index (κ1) is 12.2. The number of amides is 3. The molecule has 2 fully saturated rings. The van der Waals surface area contributed by atoms with E-state index in [2.05, 4.69) is 16.0 Å². The van der Waals surface area contributed by atoms with Crippen molar-refractivity contribution in [2.45, 2.75) is 57.0 Å². The van der Waals surface area contributed by atoms with E-state index in [1.165, 1.54) is 19.3 Å². The van der Waals surface area contributed by atoms with E-state index in [9.17, 15) is 9.59 Å². The van der Waals surface area contributed by atoms with Gasteiger partial charge in [-0.1, -0.05) is 19.3 Å². The fourth-order valence-corrected chi connectivity index (χ4v) is 2.54. The highest BCUT2D eigenvalue weighted by molar-refractivity contribution is 5.87. The summed E-state index contributed by atoms with van der Waals surface area (Å²) in [5.74, 6) is -0.0601. The van der Waals surface area contributed by atoms with E-state index in [1.54, 1.807) is 0 Å². The van der Waals surface area contributed by atoms with Crippen LogP contribution in [0.2, 0.25) is 0 Å². The Labute approximate surface area is 102 Å². The fourth-order valence-electron chi connectivity index (χ4n) is 2.54. The highest BCUT2D eigenvalue weighted by atomic mass is 16.2. The minimum atomic E-state index is -0.354. The predicted molar refractivity (Wildman–Crippen MR) is 64.6 cm³/mol. The minimum absolute atomic E-state index is 0.0601. The zero-order chi connectivity index (χ0) is 12.1. The van der Waals surface area contributed by atoms with Gasteiger partial charge in [-0.05, 0) is 25.7 Å². The van der Waals surface area contributed by atoms with Crippen molar-refractivity contribution >= 4 is 11.9 Å². The van der Waals surface area contributed by atoms with E-state index < -0.39 is 0 Å². The van der Waals surface area contributed by atoms with Crippen LogP contribution in [-0.4, -0.2) is 30.6 Å². The van der Waals surface area contributed by atoms with Crippen LogP contribution < -0.4 is 16.0 Å². The summed E-state index contributed by atoms with van der Waals surface area (Å²) in [7, 11) is 0. The van der Waals surface area contributed by atoms with Crippen LogP contribution in [0.4, 0.5) is 4.79 Å². The summed E-state index contributed by atoms with van der Waals surface area (Å²) in [4.78, 5) is 23.2. The first-order chi connectivity index (χ1) is 8.25. The first-order valence-corrected chi connectivity index (χ1v) is 6.60. The Kier molecular flexibility index (Phi) is 4.23. The molecule has 1 aliphatic heterocycles. The van der Waals surface area contributed by atoms with Crippen LogP contribution in [-0.2, 0) is 4.79 Å². The molecule has 5 heteroatoms. The predicted octanol–water partition coefficient (Wildman–Crippen LogP) is 0.897. The molecular weight excluding hydrogens is 218 g/mol. The number of carbonyl (C=O) groups excluding carboxylic acids is 2. The van der Waals surface area contributed by atoms with Crippen molar-refractivity contribution in [1.82, 2.24) is 16.0 Å². The molecule has 0 spiro atoms. The van der Waals surface area contributed by atoms with Crippen molar-refractivity contribution in [2.75, 3.05) is 6.54 Å². The van der Waals surface area contributed by atoms with Gasteiger partial charge in [-0.2, -0.15) is 0 Å². The zero-order valence-corrected chi connectivity index (χ0v) is 10.1. The lowest BCUT2D eigenvalue weighted by atomic mass is 9.96. The maximum Gasteiger partial charge on any atom is 0.315 e. The Hall–Kier alpha value is -1.26. The summed E-state index contributed by atoms with van der Waals surface area (Å²) in [6.07, 6.45) is 7.44. The molecular formula is C12H21N3O2. The Morgan fingerprint density at radius 3 is 2.53 bits per heavy atom. The minimum Gasteiger partial charge on any atom is -0.354 e. The standard InChI is InChI=1S/C12H21N3O2/c16-11-10(7-4-8-13-11)15-12(17)14-9-5-2-1-3-6-9/h9-10H,1-8H2,(H,13,16)(H2,14,15,17). The van der Waals surface area contributed by atoms with Crippen LogP contribution in [0.25, 0.3) is 0 Å². The molecule has 96 valence electrons. The quantitative estimate of drug-likeness (QED) is 0.670. The highest BCUT2D eigenvalue weighted by Gasteiger charge is 2.24. The van der Waals surface area contributed by atoms with Crippen LogP contribution in [0.15, 0.2) is 0 Å². The molecule has 1 saturated carbocycles. The number of hydrogen-bond donors (Lipinski definition) is 3. The number of rotatable bonds is 2. The normalized spacial score (nSPS) is 26.1. The molecule has 1 heterocycles. The number of nitrogens with one attached hydrogen (secondary N) is 3. The van der Waals surface area contributed by atoms with E-state index in [1.807, 2.05) is 0 Å². The monoisotopic (exact) mass is 239 g/mol. The van der Waals surface area contributed by atoms with E-state index in [0.29, 0.717) is 0 Å². The molecule has 1 unspecified atom stereocenters. The van der Waals surface area contributed by atoms with E-state index in [0.717, 1.165) is 32.2 Å². The third-order valence-electron chi connectivity index (χ3n) is 3.53. The van der Waals surface area contributed by atoms with Gasteiger partial charge in [0.05, 0.1) is 0 Å². The van der Waals surface area contributed by atoms with Crippen LogP contribution in [0, 0.1) is 0 Å². The largest absolute Gasteiger partial charge is 0.354 e. The molecule has 0 aromatic rings. The third-order valence-corrected chi connectivity index (χ3v) is 3.53. The average molecular weight is 239 g/mol. The van der Waals surface area contributed by atoms with Gasteiger partial charge in [0.25, 0.3) is 0 Å². The van der Waals surface area contributed by atoms with Gasteiger partial charge in [0.2, 0.25) is 5.91 Å². The van der Waals surface area contributed by atoms with Gasteiger partial charge < -0.3 is 16.0 Å². The third kappa shape index (κ3) is 3.61. The molecule has 2 rings (SSSR count). The zero-order valence-electron chi connectivity index (χ0n) is 10.1. The molecule has 3 amide bonds. The summed E-state index contributed by atoms with van der Waals surface area (Å²) in [5, 5.41) is 8.47. The Bertz CT molecular complexity index is 287. The van der Waals surface area contributed by atoms with Gasteiger partial charge in [-0.3, -0.25) is 4.79 Å². The van der Waals surface area contributed by atoms with Gasteiger partial charge in [0.1, 0.15) is 6.04 Å². The number of carbonyl (C=O) groups is 2. The summed E-state index contributed by atoms with van der Waals surface area (Å²) in [6.45, 7) is 0.723. The summed E-state index contributed by atoms with van der Waals surface area (Å²) in [5.41, 5.74) is 0. The first-order valence-electron chi connectivity index (χ1n) is 6.60. The molecule has 5 nitrogen and oxygen atoms in total. The van der Waals surface area contributed by atoms with Gasteiger partial charge in [0.15, 0.2) is 0 Å². The number of hydrogen-bond acceptors (Lipinski definition) is 2. The Balaban J connectivity index is 1.74. The number of urea groups is 1. The summed E-state index contributed by atoms with van der Waals surface area (Å²) >= 11 is 0. The molecule has 17 heavy (non-hydrogen) atoms. The van der Waals surface area contributed by atoms with E-state index >= 15 is 0 Å². The van der Waals surface area contributed by atoms with Crippen molar-refractivity contribution in [2.24, 2.45) is 0 Å². The molecule has 0 bridgehead atoms. The Morgan fingerprint density at radius 1 is 1.06 bits per heavy atom. The van der Waals surface area contributed by atoms with Gasteiger partial charge in [-0.15, -0.1) is 0 Å². The highest BCUT2D eigenvalue weighted by Crippen LogP contribution is 2.17. The smallest absolute Gasteiger partial charge is 0.315 e. The van der Waals surface area contributed by atoms with Crippen molar-refractivity contribution in [1.29, 1.82) is 0 Å². The molecule has 0 radical (unpaired) electrons. The van der Waals surface area contributed by atoms with Crippen molar-refractivity contribution in [3.63, 3.8) is 0 Å². The van der Waals surface area contributed by atoms with Crippen LogP contribution in [0.3, 0.4) is 0 Å². The molecule has 1 aliphatic carbocycles. The van der Waals surface area contributed by atoms with Crippen LogP contribution in [0.5, 0.6) is 0 Å². The van der Waals surface area contributed by atoms with Crippen molar-refractivity contribution in [3.8, 4) is 0 Å². The second-order valence-corrected chi connectivity index (χ2v) is 4.94. The maximum absolute atomic E-state index is 11.7. The van der Waals surface area contributed by atoms with Gasteiger partial charge in [0, 0.05) is 12.6 Å². The lowest BCUT2D eigenvalue weighted by molar-refractivity contribution is -0.124. The van der Waals surface area contributed by atoms with Crippen LogP contribution in [0.1, 0.15) is 44.9 Å². The number of piperidine rings is 1. The molecule has 0 aromatic carbocycles. The molecule has 0 aromatic heterocycles. The fraction of sp³-hybridized carbons (Fsp3) is 0.833. The second kappa shape index (κ2) is 5.89. The Morgan fingerprint density at radius 2 is 1.82 bits per heavy atom. The maximum atomic E-state index is 11.7. The van der Waals surface area contributed by atoms with Gasteiger partial charge in [-0.25, -0.2) is 4.79 Å². The lowest BCUT2D eigenvalue weighted by Crippen LogP contribution is -2.54. The molecule has 3 N–H and O–H groups in total. The topological polar surface area (TPSA) is 70.2 Å². The van der Waals surface area contributed by atoms with E-state index in [4.69, 9.17) is 0 Å². The van der Waals surface area contributed by atoms with E-state index in [-0.39, 0.29) is 24.0 Å². The molecule has 1 saturated heterocycles. The van der Waals surface area contributed by atoms with Crippen molar-refractivity contribution in [3.05, 3.63) is 0 Å². The SMILES string of the molecule is O=C(NC1CCCCC1)NC1CCCNC1=O. The second-order valence-electron chi connectivity index (χ2n) is 4.94. The van der Waals surface area contributed by atoms with Crippen LogP contribution >= 0.6 is 0 Å². The average Bonchev–Trinajstić information content (AvgIpc) is 2.33. The molecule has 1 atom stereocenters.